The normalized spacial score (nSPS) is 10.1. The second kappa shape index (κ2) is 2.81. The molecule has 0 atom stereocenters. The molecule has 1 radical (unpaired) electrons. The summed E-state index contributed by atoms with van der Waals surface area (Å²) >= 11 is 0. The number of benzene rings is 1. The first-order valence-corrected chi connectivity index (χ1v) is 3.70. The van der Waals surface area contributed by atoms with Gasteiger partial charge in [-0.1, -0.05) is 6.07 Å². The predicted octanol–water partition coefficient (Wildman–Crippen LogP) is 2.04. The molecule has 0 amide bonds. The van der Waals surface area contributed by atoms with Crippen LogP contribution in [0.5, 0.6) is 5.75 Å². The molecule has 0 unspecified atom stereocenters. The molecule has 2 aromatic rings. The maximum atomic E-state index is 5.05. The Bertz CT molecular complexity index is 398. The minimum Gasteiger partial charge on any atom is -0.497 e. The van der Waals surface area contributed by atoms with E-state index in [0.717, 1.165) is 16.7 Å². The number of ether oxygens (including phenoxy) is 1. The number of rotatable bonds is 1. The number of pyridine rings is 1. The van der Waals surface area contributed by atoms with E-state index in [1.54, 1.807) is 13.3 Å². The van der Waals surface area contributed by atoms with Crippen LogP contribution in [0.4, 0.5) is 0 Å². The molecule has 2 rings (SSSR count). The Hall–Kier alpha value is -1.57. The molecule has 1 aromatic carbocycles. The van der Waals surface area contributed by atoms with Gasteiger partial charge in [0, 0.05) is 17.6 Å². The van der Waals surface area contributed by atoms with Crippen LogP contribution in [0.25, 0.3) is 10.9 Å². The van der Waals surface area contributed by atoms with Gasteiger partial charge < -0.3 is 4.74 Å². The first kappa shape index (κ1) is 7.10. The quantitative estimate of drug-likeness (QED) is 0.633. The predicted molar refractivity (Wildman–Crippen MR) is 47.1 cm³/mol. The van der Waals surface area contributed by atoms with Crippen LogP contribution in [-0.4, -0.2) is 12.1 Å². The van der Waals surface area contributed by atoms with Gasteiger partial charge in [-0.15, -0.1) is 0 Å². The number of aromatic nitrogens is 1. The molecule has 0 N–H and O–H groups in total. The molecule has 0 saturated heterocycles. The third-order valence-electron chi connectivity index (χ3n) is 1.72. The zero-order valence-corrected chi connectivity index (χ0v) is 6.74. The zero-order valence-electron chi connectivity index (χ0n) is 6.74. The highest BCUT2D eigenvalue weighted by molar-refractivity contribution is 5.78. The van der Waals surface area contributed by atoms with Crippen molar-refractivity contribution in [2.24, 2.45) is 0 Å². The number of nitrogens with zero attached hydrogens (tertiary/aromatic N) is 1. The summed E-state index contributed by atoms with van der Waals surface area (Å²) in [5.74, 6) is 0.793. The summed E-state index contributed by atoms with van der Waals surface area (Å²) in [4.78, 5) is 4.18. The average molecular weight is 158 g/mol. The van der Waals surface area contributed by atoms with E-state index in [1.807, 2.05) is 24.3 Å². The van der Waals surface area contributed by atoms with E-state index < -0.39 is 0 Å². The third-order valence-corrected chi connectivity index (χ3v) is 1.72. The molecule has 12 heavy (non-hydrogen) atoms. The van der Waals surface area contributed by atoms with Crippen molar-refractivity contribution >= 4 is 10.9 Å². The van der Waals surface area contributed by atoms with Crippen LogP contribution >= 0.6 is 0 Å². The van der Waals surface area contributed by atoms with E-state index in [2.05, 4.69) is 11.1 Å². The minimum atomic E-state index is 0.793. The molecule has 2 nitrogen and oxygen atoms in total. The summed E-state index contributed by atoms with van der Waals surface area (Å²) in [6.45, 7) is 0. The van der Waals surface area contributed by atoms with Crippen molar-refractivity contribution in [1.29, 1.82) is 0 Å². The lowest BCUT2D eigenvalue weighted by Gasteiger charge is -1.99. The first-order valence-electron chi connectivity index (χ1n) is 3.70. The van der Waals surface area contributed by atoms with Crippen LogP contribution in [0.15, 0.2) is 30.5 Å². The molecule has 0 aliphatic carbocycles. The summed E-state index contributed by atoms with van der Waals surface area (Å²) < 4.78 is 5.05. The molecular formula is C10H8NO. The smallest absolute Gasteiger partial charge is 0.121 e. The Labute approximate surface area is 70.8 Å². The van der Waals surface area contributed by atoms with Gasteiger partial charge in [0.15, 0.2) is 0 Å². The van der Waals surface area contributed by atoms with Crippen LogP contribution in [0, 0.1) is 6.07 Å². The van der Waals surface area contributed by atoms with Gasteiger partial charge in [-0.3, -0.25) is 4.98 Å². The molecule has 59 valence electrons. The van der Waals surface area contributed by atoms with Crippen molar-refractivity contribution in [3.63, 3.8) is 0 Å². The van der Waals surface area contributed by atoms with Gasteiger partial charge in [-0.2, -0.15) is 0 Å². The SMILES string of the molecule is COc1c[c]c2cccnc2c1. The van der Waals surface area contributed by atoms with Crippen molar-refractivity contribution in [3.8, 4) is 5.75 Å². The van der Waals surface area contributed by atoms with Crippen molar-refractivity contribution in [3.05, 3.63) is 36.5 Å². The molecule has 0 aliphatic heterocycles. The molecule has 1 heterocycles. The Morgan fingerprint density at radius 3 is 3.25 bits per heavy atom. The van der Waals surface area contributed by atoms with Gasteiger partial charge >= 0.3 is 0 Å². The summed E-state index contributed by atoms with van der Waals surface area (Å²) in [6.07, 6.45) is 1.76. The van der Waals surface area contributed by atoms with Crippen LogP contribution in [0.1, 0.15) is 0 Å². The molecular weight excluding hydrogens is 150 g/mol. The lowest BCUT2D eigenvalue weighted by molar-refractivity contribution is 0.415. The fourth-order valence-electron chi connectivity index (χ4n) is 1.10. The van der Waals surface area contributed by atoms with Crippen molar-refractivity contribution in [2.45, 2.75) is 0 Å². The van der Waals surface area contributed by atoms with Gasteiger partial charge in [0.1, 0.15) is 5.75 Å². The summed E-state index contributed by atoms with van der Waals surface area (Å²) in [5.41, 5.74) is 0.914. The summed E-state index contributed by atoms with van der Waals surface area (Å²) in [7, 11) is 1.64. The molecule has 0 fully saturated rings. The van der Waals surface area contributed by atoms with E-state index in [4.69, 9.17) is 4.74 Å². The maximum Gasteiger partial charge on any atom is 0.121 e. The van der Waals surface area contributed by atoms with Crippen LogP contribution < -0.4 is 4.74 Å². The van der Waals surface area contributed by atoms with Crippen LogP contribution in [0.3, 0.4) is 0 Å². The summed E-state index contributed by atoms with van der Waals surface area (Å²) in [5, 5.41) is 1.01. The van der Waals surface area contributed by atoms with Crippen molar-refractivity contribution < 1.29 is 4.74 Å². The Kier molecular flexibility index (Phi) is 1.67. The van der Waals surface area contributed by atoms with Gasteiger partial charge in [0.2, 0.25) is 0 Å². The highest BCUT2D eigenvalue weighted by Crippen LogP contribution is 2.17. The topological polar surface area (TPSA) is 22.1 Å². The average Bonchev–Trinajstić information content (AvgIpc) is 2.17. The van der Waals surface area contributed by atoms with Gasteiger partial charge in [-0.05, 0) is 18.2 Å². The van der Waals surface area contributed by atoms with Crippen LogP contribution in [-0.2, 0) is 0 Å². The van der Waals surface area contributed by atoms with E-state index in [1.165, 1.54) is 0 Å². The fraction of sp³-hybridized carbons (Fsp3) is 0.100. The van der Waals surface area contributed by atoms with Gasteiger partial charge in [-0.25, -0.2) is 0 Å². The minimum absolute atomic E-state index is 0.793. The largest absolute Gasteiger partial charge is 0.497 e. The van der Waals surface area contributed by atoms with E-state index in [0.29, 0.717) is 0 Å². The fourth-order valence-corrected chi connectivity index (χ4v) is 1.10. The lowest BCUT2D eigenvalue weighted by Crippen LogP contribution is -1.83. The standard InChI is InChI=1S/C10H8NO/c1-12-9-5-4-8-3-2-6-11-10(8)7-9/h2-3,5-7H,1H3. The second-order valence-corrected chi connectivity index (χ2v) is 2.48. The van der Waals surface area contributed by atoms with Gasteiger partial charge in [0.25, 0.3) is 0 Å². The number of hydrogen-bond donors (Lipinski definition) is 0. The summed E-state index contributed by atoms with van der Waals surface area (Å²) in [6, 6.07) is 10.7. The van der Waals surface area contributed by atoms with Crippen molar-refractivity contribution in [2.75, 3.05) is 7.11 Å². The molecule has 0 bridgehead atoms. The van der Waals surface area contributed by atoms with Crippen LogP contribution in [0.2, 0.25) is 0 Å². The monoisotopic (exact) mass is 158 g/mol. The highest BCUT2D eigenvalue weighted by atomic mass is 16.5. The Morgan fingerprint density at radius 1 is 1.50 bits per heavy atom. The first-order chi connectivity index (χ1) is 5.90. The Morgan fingerprint density at radius 2 is 2.42 bits per heavy atom. The highest BCUT2D eigenvalue weighted by Gasteiger charge is 1.95. The number of methoxy groups -OCH3 is 1. The second-order valence-electron chi connectivity index (χ2n) is 2.48. The lowest BCUT2D eigenvalue weighted by atomic mass is 10.2. The molecule has 1 aromatic heterocycles. The van der Waals surface area contributed by atoms with E-state index in [9.17, 15) is 0 Å². The third kappa shape index (κ3) is 1.11. The van der Waals surface area contributed by atoms with Gasteiger partial charge in [0.05, 0.1) is 12.6 Å². The van der Waals surface area contributed by atoms with E-state index >= 15 is 0 Å². The Balaban J connectivity index is 2.67. The molecule has 0 spiro atoms. The van der Waals surface area contributed by atoms with Crippen molar-refractivity contribution in [1.82, 2.24) is 4.98 Å². The number of hydrogen-bond acceptors (Lipinski definition) is 2. The zero-order chi connectivity index (χ0) is 8.39. The molecule has 0 saturated carbocycles. The molecule has 0 aliphatic rings. The number of fused-ring (bicyclic) bond motifs is 1. The van der Waals surface area contributed by atoms with E-state index in [-0.39, 0.29) is 0 Å². The maximum absolute atomic E-state index is 5.05. The molecule has 2 heteroatoms.